The molecule has 0 heterocycles. The molecular formula is C15H24O2. The van der Waals surface area contributed by atoms with Crippen LogP contribution in [0.5, 0.6) is 0 Å². The van der Waals surface area contributed by atoms with Crippen LogP contribution in [0.4, 0.5) is 0 Å². The van der Waals surface area contributed by atoms with E-state index in [-0.39, 0.29) is 0 Å². The summed E-state index contributed by atoms with van der Waals surface area (Å²) in [5, 5.41) is 20.2. The predicted octanol–water partition coefficient (Wildman–Crippen LogP) is 3.08. The molecule has 0 aromatic heterocycles. The highest BCUT2D eigenvalue weighted by atomic mass is 16.3. The van der Waals surface area contributed by atoms with Gasteiger partial charge in [-0.2, -0.15) is 0 Å². The number of aliphatic hydroxyl groups is 2. The van der Waals surface area contributed by atoms with Crippen molar-refractivity contribution in [1.29, 1.82) is 0 Å². The van der Waals surface area contributed by atoms with Gasteiger partial charge in [0.15, 0.2) is 0 Å². The van der Waals surface area contributed by atoms with Gasteiger partial charge in [0, 0.05) is 0 Å². The molecule has 0 bridgehead atoms. The summed E-state index contributed by atoms with van der Waals surface area (Å²) in [7, 11) is 0. The minimum Gasteiger partial charge on any atom is -0.387 e. The first-order valence-corrected chi connectivity index (χ1v) is 6.36. The van der Waals surface area contributed by atoms with Gasteiger partial charge in [0.05, 0.1) is 5.60 Å². The quantitative estimate of drug-likeness (QED) is 0.825. The van der Waals surface area contributed by atoms with Crippen LogP contribution in [0, 0.1) is 5.92 Å². The van der Waals surface area contributed by atoms with Gasteiger partial charge in [-0.1, -0.05) is 45.0 Å². The van der Waals surface area contributed by atoms with Gasteiger partial charge in [-0.25, -0.2) is 0 Å². The minimum absolute atomic E-state index is 0.530. The summed E-state index contributed by atoms with van der Waals surface area (Å²) in [4.78, 5) is 0. The van der Waals surface area contributed by atoms with E-state index in [1.54, 1.807) is 6.92 Å². The maximum atomic E-state index is 10.2. The Kier molecular flexibility index (Phi) is 4.72. The van der Waals surface area contributed by atoms with Crippen LogP contribution < -0.4 is 0 Å². The Morgan fingerprint density at radius 2 is 1.94 bits per heavy atom. The largest absolute Gasteiger partial charge is 0.387 e. The second-order valence-electron chi connectivity index (χ2n) is 5.46. The lowest BCUT2D eigenvalue weighted by Gasteiger charge is -2.28. The van der Waals surface area contributed by atoms with Gasteiger partial charge in [-0.05, 0) is 36.8 Å². The van der Waals surface area contributed by atoms with Crippen molar-refractivity contribution in [3.63, 3.8) is 0 Å². The van der Waals surface area contributed by atoms with Crippen LogP contribution >= 0.6 is 0 Å². The monoisotopic (exact) mass is 236 g/mol. The SMILES string of the molecule is CCC(C)(O)C(O)c1cccc(CC(C)C)c1. The second-order valence-corrected chi connectivity index (χ2v) is 5.46. The van der Waals surface area contributed by atoms with E-state index in [1.807, 2.05) is 25.1 Å². The summed E-state index contributed by atoms with van der Waals surface area (Å²) >= 11 is 0. The van der Waals surface area contributed by atoms with Crippen molar-refractivity contribution < 1.29 is 10.2 Å². The maximum Gasteiger partial charge on any atom is 0.107 e. The Bertz CT molecular complexity index is 356. The van der Waals surface area contributed by atoms with Crippen LogP contribution in [0.2, 0.25) is 0 Å². The molecule has 2 heteroatoms. The fourth-order valence-corrected chi connectivity index (χ4v) is 1.91. The third-order valence-corrected chi connectivity index (χ3v) is 3.22. The molecule has 1 aromatic carbocycles. The molecule has 0 aliphatic heterocycles. The highest BCUT2D eigenvalue weighted by Gasteiger charge is 2.29. The van der Waals surface area contributed by atoms with Gasteiger partial charge in [0.2, 0.25) is 0 Å². The average Bonchev–Trinajstić information content (AvgIpc) is 2.27. The zero-order valence-corrected chi connectivity index (χ0v) is 11.3. The van der Waals surface area contributed by atoms with Crippen molar-refractivity contribution in [3.8, 4) is 0 Å². The summed E-state index contributed by atoms with van der Waals surface area (Å²) in [6.45, 7) is 7.89. The van der Waals surface area contributed by atoms with Crippen molar-refractivity contribution in [2.45, 2.75) is 52.2 Å². The third kappa shape index (κ3) is 3.83. The summed E-state index contributed by atoms with van der Waals surface area (Å²) in [5.41, 5.74) is 0.953. The van der Waals surface area contributed by atoms with Crippen LogP contribution in [0.1, 0.15) is 51.3 Å². The lowest BCUT2D eigenvalue weighted by Crippen LogP contribution is -2.31. The van der Waals surface area contributed by atoms with Gasteiger partial charge in [0.25, 0.3) is 0 Å². The van der Waals surface area contributed by atoms with Gasteiger partial charge in [0.1, 0.15) is 6.10 Å². The van der Waals surface area contributed by atoms with Crippen LogP contribution in [-0.2, 0) is 6.42 Å². The van der Waals surface area contributed by atoms with Crippen molar-refractivity contribution in [1.82, 2.24) is 0 Å². The summed E-state index contributed by atoms with van der Waals surface area (Å²) in [6, 6.07) is 7.88. The highest BCUT2D eigenvalue weighted by Crippen LogP contribution is 2.29. The lowest BCUT2D eigenvalue weighted by atomic mass is 9.89. The fourth-order valence-electron chi connectivity index (χ4n) is 1.91. The molecule has 2 nitrogen and oxygen atoms in total. The van der Waals surface area contributed by atoms with E-state index < -0.39 is 11.7 Å². The van der Waals surface area contributed by atoms with Crippen molar-refractivity contribution in [2.75, 3.05) is 0 Å². The molecule has 96 valence electrons. The average molecular weight is 236 g/mol. The molecule has 0 aliphatic carbocycles. The van der Waals surface area contributed by atoms with Crippen LogP contribution in [0.15, 0.2) is 24.3 Å². The van der Waals surface area contributed by atoms with Crippen LogP contribution in [0.3, 0.4) is 0 Å². The smallest absolute Gasteiger partial charge is 0.107 e. The molecule has 0 fully saturated rings. The van der Waals surface area contributed by atoms with E-state index in [1.165, 1.54) is 5.56 Å². The standard InChI is InChI=1S/C15H24O2/c1-5-15(4,17)14(16)13-8-6-7-12(10-13)9-11(2)3/h6-8,10-11,14,16-17H,5,9H2,1-4H3. The van der Waals surface area contributed by atoms with Gasteiger partial charge in [-0.3, -0.25) is 0 Å². The van der Waals surface area contributed by atoms with E-state index in [2.05, 4.69) is 19.9 Å². The minimum atomic E-state index is -1.06. The van der Waals surface area contributed by atoms with Crippen molar-refractivity contribution in [2.24, 2.45) is 5.92 Å². The zero-order chi connectivity index (χ0) is 13.1. The molecule has 2 atom stereocenters. The first-order valence-electron chi connectivity index (χ1n) is 6.36. The van der Waals surface area contributed by atoms with Gasteiger partial charge < -0.3 is 10.2 Å². The first kappa shape index (κ1) is 14.2. The molecule has 0 saturated heterocycles. The molecular weight excluding hydrogens is 212 g/mol. The Hall–Kier alpha value is -0.860. The molecule has 0 spiro atoms. The van der Waals surface area contributed by atoms with Crippen molar-refractivity contribution in [3.05, 3.63) is 35.4 Å². The molecule has 0 radical (unpaired) electrons. The fraction of sp³-hybridized carbons (Fsp3) is 0.600. The molecule has 0 aliphatic rings. The number of benzene rings is 1. The van der Waals surface area contributed by atoms with Crippen molar-refractivity contribution >= 4 is 0 Å². The Balaban J connectivity index is 2.91. The summed E-state index contributed by atoms with van der Waals surface area (Å²) in [6.07, 6.45) is 0.705. The number of hydrogen-bond donors (Lipinski definition) is 2. The Morgan fingerprint density at radius 3 is 2.47 bits per heavy atom. The predicted molar refractivity (Wildman–Crippen MR) is 70.9 cm³/mol. The molecule has 1 aromatic rings. The topological polar surface area (TPSA) is 40.5 Å². The lowest BCUT2D eigenvalue weighted by molar-refractivity contribution is -0.0659. The number of aliphatic hydroxyl groups excluding tert-OH is 1. The number of hydrogen-bond acceptors (Lipinski definition) is 2. The first-order chi connectivity index (χ1) is 7.86. The summed E-state index contributed by atoms with van der Waals surface area (Å²) < 4.78 is 0. The van der Waals surface area contributed by atoms with E-state index in [9.17, 15) is 10.2 Å². The van der Waals surface area contributed by atoms with E-state index in [0.29, 0.717) is 12.3 Å². The number of rotatable bonds is 5. The molecule has 2 unspecified atom stereocenters. The molecule has 17 heavy (non-hydrogen) atoms. The molecule has 1 rings (SSSR count). The highest BCUT2D eigenvalue weighted by molar-refractivity contribution is 5.27. The van der Waals surface area contributed by atoms with Crippen LogP contribution in [-0.4, -0.2) is 15.8 Å². The Morgan fingerprint density at radius 1 is 1.29 bits per heavy atom. The molecule has 2 N–H and O–H groups in total. The third-order valence-electron chi connectivity index (χ3n) is 3.22. The Labute approximate surface area is 104 Å². The normalized spacial score (nSPS) is 16.9. The second kappa shape index (κ2) is 5.65. The van der Waals surface area contributed by atoms with E-state index in [0.717, 1.165) is 12.0 Å². The van der Waals surface area contributed by atoms with Gasteiger partial charge >= 0.3 is 0 Å². The summed E-state index contributed by atoms with van der Waals surface area (Å²) in [5.74, 6) is 0.592. The molecule has 0 amide bonds. The van der Waals surface area contributed by atoms with E-state index in [4.69, 9.17) is 0 Å². The zero-order valence-electron chi connectivity index (χ0n) is 11.3. The molecule has 0 saturated carbocycles. The van der Waals surface area contributed by atoms with Gasteiger partial charge in [-0.15, -0.1) is 0 Å². The maximum absolute atomic E-state index is 10.2. The van der Waals surface area contributed by atoms with E-state index >= 15 is 0 Å². The van der Waals surface area contributed by atoms with Crippen LogP contribution in [0.25, 0.3) is 0 Å².